The van der Waals surface area contributed by atoms with E-state index in [1.165, 1.54) is 34.4 Å². The van der Waals surface area contributed by atoms with Gasteiger partial charge in [0.15, 0.2) is 0 Å². The van der Waals surface area contributed by atoms with E-state index in [-0.39, 0.29) is 67.2 Å². The van der Waals surface area contributed by atoms with Gasteiger partial charge in [-0.15, -0.1) is 23.1 Å². The lowest BCUT2D eigenvalue weighted by molar-refractivity contribution is -0.144. The van der Waals surface area contributed by atoms with Gasteiger partial charge in [0, 0.05) is 126 Å². The van der Waals surface area contributed by atoms with Gasteiger partial charge in [0.05, 0.1) is 38.8 Å². The molecule has 105 heavy (non-hydrogen) atoms. The maximum atomic E-state index is 14.6. The first-order chi connectivity index (χ1) is 49.4. The van der Waals surface area contributed by atoms with Crippen LogP contribution in [0.25, 0.3) is 10.4 Å². The number of sulfone groups is 1. The standard InChI is InChI=1S/C75H98F6N10O10S4/c1-50(52-20-22-53(23-21-52)67-51(2)82-49-103-67)83-70(96)63-43-59(92)47-91(63)71(97)68(72(3,4)5)85-65(93)18-12-9-13-19-66(94)90-41-35-87(36-42-90)34-31-57(48-102-60-16-10-8-11-17-60)84-62-29-28-61(44-64(62)104(98,99)75(79,80)81)105(100,101)86-69(95)54-24-26-58(27-25-54)89-39-37-88(38-40-89)46-56-30-33-73(6,7)45-55(56)15-14-32-74(76,77)78/h8,10-11,16-17,20-29,44,49-50,57,59,63,68,84,92H,9,12-15,18-19,30-43,45-48H2,1-7H3,(H,83,96)(H,85,93)(H,86,95)/t50-,57+,59+,63-,68?/m0/s1. The fourth-order valence-corrected chi connectivity index (χ4v) is 17.7. The van der Waals surface area contributed by atoms with Crippen LogP contribution in [0.4, 0.5) is 37.7 Å². The number of hydrogen-bond donors (Lipinski definition) is 5. The van der Waals surface area contributed by atoms with Crippen molar-refractivity contribution in [3.05, 3.63) is 131 Å². The molecule has 5 amide bonds. The minimum atomic E-state index is -6.21. The maximum Gasteiger partial charge on any atom is 0.501 e. The fourth-order valence-electron chi connectivity index (χ4n) is 13.9. The highest BCUT2D eigenvalue weighted by atomic mass is 32.2. The molecule has 1 unspecified atom stereocenters. The zero-order valence-electron chi connectivity index (χ0n) is 60.6. The molecule has 4 aromatic carbocycles. The highest BCUT2D eigenvalue weighted by Gasteiger charge is 2.49. The number of aryl methyl sites for hydroxylation is 1. The summed E-state index contributed by atoms with van der Waals surface area (Å²) in [5, 5.41) is 19.7. The molecule has 9 rings (SSSR count). The number of carbonyl (C=O) groups excluding carboxylic acids is 5. The molecule has 0 bridgehead atoms. The third-order valence-corrected chi connectivity index (χ3v) is 25.0. The Morgan fingerprint density at radius 2 is 1.45 bits per heavy atom. The number of anilines is 2. The number of thioether (sulfide) groups is 1. The Balaban J connectivity index is 0.741. The molecular formula is C75H98F6N10O10S4. The lowest BCUT2D eigenvalue weighted by Crippen LogP contribution is -2.57. The van der Waals surface area contributed by atoms with E-state index in [1.54, 1.807) is 33.9 Å². The van der Waals surface area contributed by atoms with Crippen LogP contribution in [0, 0.1) is 17.8 Å². The SMILES string of the molecule is Cc1ncsc1-c1ccc([C@H](C)NC(=O)[C@@H]2C[C@@H](O)CN2C(=O)C(NC(=O)CCCCCC(=O)N2CCN(CC[C@H](CSc3ccccc3)Nc3ccc(S(=O)(=O)NC(=O)c4ccc(N5CCN(CC6=C(CCCC(F)(F)F)CC(C)(C)CC6)CC5)cc4)cc3S(=O)(=O)C(F)(F)F)CC2)C(C)(C)C)cc1. The molecule has 1 aliphatic carbocycles. The number of thiazole rings is 1. The Morgan fingerprint density at radius 3 is 2.09 bits per heavy atom. The van der Waals surface area contributed by atoms with Crippen LogP contribution in [0.1, 0.15) is 153 Å². The summed E-state index contributed by atoms with van der Waals surface area (Å²) >= 11 is 2.92. The van der Waals surface area contributed by atoms with E-state index < -0.39 is 107 Å². The number of sulfonamides is 1. The molecule has 5 N–H and O–H groups in total. The van der Waals surface area contributed by atoms with E-state index in [0.717, 1.165) is 69.2 Å². The van der Waals surface area contributed by atoms with Crippen molar-refractivity contribution in [1.29, 1.82) is 0 Å². The number of alkyl halides is 6. The van der Waals surface area contributed by atoms with Gasteiger partial charge in [0.1, 0.15) is 17.0 Å². The summed E-state index contributed by atoms with van der Waals surface area (Å²) in [5.74, 6) is -2.21. The van der Waals surface area contributed by atoms with E-state index >= 15 is 0 Å². The van der Waals surface area contributed by atoms with Crippen LogP contribution in [-0.2, 0) is 39.0 Å². The van der Waals surface area contributed by atoms with Crippen LogP contribution in [-0.4, -0.2) is 190 Å². The second-order valence-corrected chi connectivity index (χ2v) is 35.3. The number of benzene rings is 4. The summed E-state index contributed by atoms with van der Waals surface area (Å²) in [5.41, 5.74) is 0.453. The van der Waals surface area contributed by atoms with Crippen molar-refractivity contribution in [2.45, 2.75) is 189 Å². The predicted molar refractivity (Wildman–Crippen MR) is 396 cm³/mol. The highest BCUT2D eigenvalue weighted by Crippen LogP contribution is 2.42. The molecule has 3 fully saturated rings. The summed E-state index contributed by atoms with van der Waals surface area (Å²) in [6, 6.07) is 22.2. The average Bonchev–Trinajstić information content (AvgIpc) is 1.28. The van der Waals surface area contributed by atoms with Gasteiger partial charge in [0.25, 0.3) is 25.8 Å². The number of nitrogens with one attached hydrogen (secondary N) is 4. The minimum Gasteiger partial charge on any atom is -0.391 e. The molecule has 0 radical (unpaired) electrons. The van der Waals surface area contributed by atoms with Crippen LogP contribution in [0.3, 0.4) is 0 Å². The van der Waals surface area contributed by atoms with Gasteiger partial charge in [0.2, 0.25) is 23.6 Å². The van der Waals surface area contributed by atoms with Gasteiger partial charge in [-0.2, -0.15) is 26.3 Å². The number of β-amino-alcohol motifs (C(OH)–C–C–N with tert-alkyl or cyclic N) is 1. The van der Waals surface area contributed by atoms with Crippen LogP contribution in [0.5, 0.6) is 0 Å². The monoisotopic (exact) mass is 1540 g/mol. The highest BCUT2D eigenvalue weighted by molar-refractivity contribution is 7.99. The Morgan fingerprint density at radius 1 is 0.781 bits per heavy atom. The number of amides is 5. The van der Waals surface area contributed by atoms with Crippen molar-refractivity contribution in [1.82, 2.24) is 39.9 Å². The van der Waals surface area contributed by atoms with Gasteiger partial charge in [-0.25, -0.2) is 26.5 Å². The number of unbranched alkanes of at least 4 members (excludes halogenated alkanes) is 2. The zero-order valence-corrected chi connectivity index (χ0v) is 63.9. The largest absolute Gasteiger partial charge is 0.501 e. The van der Waals surface area contributed by atoms with Crippen LogP contribution >= 0.6 is 23.1 Å². The minimum absolute atomic E-state index is 0.0179. The van der Waals surface area contributed by atoms with Crippen molar-refractivity contribution in [2.24, 2.45) is 10.8 Å². The van der Waals surface area contributed by atoms with Crippen LogP contribution in [0.2, 0.25) is 0 Å². The predicted octanol–water partition coefficient (Wildman–Crippen LogP) is 12.3. The summed E-state index contributed by atoms with van der Waals surface area (Å²) in [4.78, 5) is 82.1. The molecule has 4 aliphatic rings. The second-order valence-electron chi connectivity index (χ2n) is 29.8. The lowest BCUT2D eigenvalue weighted by atomic mass is 9.73. The fraction of sp³-hybridized carbons (Fsp3) is 0.547. The second kappa shape index (κ2) is 35.3. The number of aromatic nitrogens is 1. The van der Waals surface area contributed by atoms with Gasteiger partial charge in [-0.1, -0.05) is 94.7 Å². The summed E-state index contributed by atoms with van der Waals surface area (Å²) in [7, 11) is -11.2. The number of nitrogens with zero attached hydrogens (tertiary/aromatic N) is 6. The van der Waals surface area contributed by atoms with E-state index in [2.05, 4.69) is 49.5 Å². The van der Waals surface area contributed by atoms with Crippen LogP contribution in [0.15, 0.2) is 128 Å². The molecule has 1 aromatic heterocycles. The first-order valence-electron chi connectivity index (χ1n) is 35.8. The van der Waals surface area contributed by atoms with Crippen LogP contribution < -0.4 is 25.6 Å². The average molecular weight is 1540 g/mol. The third kappa shape index (κ3) is 22.7. The van der Waals surface area contributed by atoms with E-state index in [4.69, 9.17) is 0 Å². The topological polar surface area (TPSA) is 251 Å². The van der Waals surface area contributed by atoms with E-state index in [0.29, 0.717) is 97.2 Å². The zero-order chi connectivity index (χ0) is 76.2. The first kappa shape index (κ1) is 82.0. The number of rotatable bonds is 30. The van der Waals surface area contributed by atoms with E-state index in [1.807, 2.05) is 93.9 Å². The first-order valence-corrected chi connectivity index (χ1v) is 40.7. The summed E-state index contributed by atoms with van der Waals surface area (Å²) in [6.45, 7) is 18.7. The Hall–Kier alpha value is -7.09. The third-order valence-electron chi connectivity index (χ3n) is 20.0. The van der Waals surface area contributed by atoms with Gasteiger partial charge >= 0.3 is 11.7 Å². The molecule has 5 aromatic rings. The Bertz CT molecular complexity index is 4090. The summed E-state index contributed by atoms with van der Waals surface area (Å²) in [6.07, 6.45) is -0.843. The molecule has 4 heterocycles. The van der Waals surface area contributed by atoms with Crippen molar-refractivity contribution < 1.29 is 72.3 Å². The lowest BCUT2D eigenvalue weighted by Gasteiger charge is -2.39. The number of hydrogen-bond acceptors (Lipinski definition) is 17. The molecule has 20 nitrogen and oxygen atoms in total. The number of aliphatic hydroxyl groups is 1. The molecule has 574 valence electrons. The van der Waals surface area contributed by atoms with Crippen molar-refractivity contribution >= 4 is 83.9 Å². The Labute approximate surface area is 620 Å². The van der Waals surface area contributed by atoms with Gasteiger partial charge < -0.3 is 35.8 Å². The number of likely N-dealkylation sites (tertiary alicyclic amines) is 1. The Kier molecular flexibility index (Phi) is 27.6. The molecule has 3 saturated heterocycles. The number of halogens is 6. The molecule has 5 atom stereocenters. The van der Waals surface area contributed by atoms with Gasteiger partial charge in [-0.3, -0.25) is 33.8 Å². The van der Waals surface area contributed by atoms with Crippen molar-refractivity contribution in [3.8, 4) is 10.4 Å². The van der Waals surface area contributed by atoms with E-state index in [9.17, 15) is 72.3 Å². The molecule has 3 aliphatic heterocycles. The molecule has 0 spiro atoms. The van der Waals surface area contributed by atoms with Crippen molar-refractivity contribution in [3.63, 3.8) is 0 Å². The number of carbonyl (C=O) groups is 5. The van der Waals surface area contributed by atoms with Crippen molar-refractivity contribution in [2.75, 3.05) is 88.0 Å². The maximum absolute atomic E-state index is 14.6. The number of piperazine rings is 2. The van der Waals surface area contributed by atoms with Gasteiger partial charge in [-0.05, 0) is 142 Å². The number of allylic oxidation sites excluding steroid dienone is 1. The molecule has 30 heteroatoms. The summed E-state index contributed by atoms with van der Waals surface area (Å²) < 4.78 is 139. The quantitative estimate of drug-likeness (QED) is 0.0124. The molecule has 0 saturated carbocycles. The normalized spacial score (nSPS) is 18.9. The molecular weight excluding hydrogens is 1440 g/mol. The smallest absolute Gasteiger partial charge is 0.391 e. The number of aliphatic hydroxyl groups excluding tert-OH is 1.